The van der Waals surface area contributed by atoms with E-state index in [0.29, 0.717) is 5.92 Å². The second kappa shape index (κ2) is 3.92. The zero-order chi connectivity index (χ0) is 9.97. The van der Waals surface area contributed by atoms with Gasteiger partial charge in [-0.2, -0.15) is 11.3 Å². The average molecular weight is 207 g/mol. The quantitative estimate of drug-likeness (QED) is 0.774. The lowest BCUT2D eigenvalue weighted by molar-refractivity contribution is 0.525. The summed E-state index contributed by atoms with van der Waals surface area (Å²) in [7, 11) is 0. The monoisotopic (exact) mass is 207 g/mol. The predicted molar refractivity (Wildman–Crippen MR) is 58.2 cm³/mol. The Balaban J connectivity index is 2.30. The number of nitrogens with zero attached hydrogens (tertiary/aromatic N) is 3. The van der Waals surface area contributed by atoms with Crippen molar-refractivity contribution in [3.63, 3.8) is 0 Å². The molecule has 0 unspecified atom stereocenters. The van der Waals surface area contributed by atoms with Crippen LogP contribution >= 0.6 is 11.3 Å². The molecule has 0 bridgehead atoms. The maximum atomic E-state index is 4.13. The molecule has 0 saturated heterocycles. The molecule has 14 heavy (non-hydrogen) atoms. The highest BCUT2D eigenvalue weighted by molar-refractivity contribution is 7.08. The van der Waals surface area contributed by atoms with E-state index in [9.17, 15) is 0 Å². The van der Waals surface area contributed by atoms with Crippen molar-refractivity contribution in [2.45, 2.75) is 20.4 Å². The molecule has 4 heteroatoms. The third kappa shape index (κ3) is 1.85. The smallest absolute Gasteiger partial charge is 0.164 e. The summed E-state index contributed by atoms with van der Waals surface area (Å²) >= 11 is 1.68. The van der Waals surface area contributed by atoms with Crippen LogP contribution in [0.4, 0.5) is 0 Å². The zero-order valence-electron chi connectivity index (χ0n) is 8.34. The molecule has 2 aromatic rings. The molecule has 3 nitrogen and oxygen atoms in total. The van der Waals surface area contributed by atoms with Crippen LogP contribution in [0.1, 0.15) is 13.8 Å². The fraction of sp³-hybridized carbons (Fsp3) is 0.400. The van der Waals surface area contributed by atoms with Crippen molar-refractivity contribution in [2.24, 2.45) is 5.92 Å². The molecular formula is C10H13N3S. The largest absolute Gasteiger partial charge is 0.313 e. The summed E-state index contributed by atoms with van der Waals surface area (Å²) in [6.07, 6.45) is 1.80. The fourth-order valence-electron chi connectivity index (χ4n) is 1.40. The van der Waals surface area contributed by atoms with Gasteiger partial charge in [0.15, 0.2) is 5.82 Å². The molecule has 0 aliphatic carbocycles. The van der Waals surface area contributed by atoms with E-state index >= 15 is 0 Å². The highest BCUT2D eigenvalue weighted by atomic mass is 32.1. The van der Waals surface area contributed by atoms with Gasteiger partial charge in [-0.15, -0.1) is 10.2 Å². The van der Waals surface area contributed by atoms with Crippen molar-refractivity contribution >= 4 is 11.3 Å². The SMILES string of the molecule is CC(C)Cn1cnnc1-c1ccsc1. The van der Waals surface area contributed by atoms with Gasteiger partial charge in [-0.05, 0) is 17.4 Å². The first-order valence-electron chi connectivity index (χ1n) is 4.67. The van der Waals surface area contributed by atoms with E-state index in [2.05, 4.69) is 45.4 Å². The molecule has 0 spiro atoms. The molecule has 2 aromatic heterocycles. The van der Waals surface area contributed by atoms with Crippen LogP contribution in [0, 0.1) is 5.92 Å². The summed E-state index contributed by atoms with van der Waals surface area (Å²) < 4.78 is 2.10. The minimum absolute atomic E-state index is 0.614. The van der Waals surface area contributed by atoms with Crippen LogP contribution < -0.4 is 0 Å². The molecule has 0 radical (unpaired) electrons. The van der Waals surface area contributed by atoms with Gasteiger partial charge in [0.05, 0.1) is 0 Å². The fourth-order valence-corrected chi connectivity index (χ4v) is 2.03. The van der Waals surface area contributed by atoms with Gasteiger partial charge in [0.2, 0.25) is 0 Å². The Morgan fingerprint density at radius 1 is 1.50 bits per heavy atom. The van der Waals surface area contributed by atoms with Gasteiger partial charge in [-0.1, -0.05) is 13.8 Å². The van der Waals surface area contributed by atoms with Gasteiger partial charge in [0, 0.05) is 17.5 Å². The van der Waals surface area contributed by atoms with Gasteiger partial charge in [0.25, 0.3) is 0 Å². The van der Waals surface area contributed by atoms with Crippen molar-refractivity contribution in [2.75, 3.05) is 0 Å². The Hall–Kier alpha value is -1.16. The van der Waals surface area contributed by atoms with E-state index in [1.807, 2.05) is 0 Å². The maximum absolute atomic E-state index is 4.13. The van der Waals surface area contributed by atoms with Crippen molar-refractivity contribution in [1.29, 1.82) is 0 Å². The van der Waals surface area contributed by atoms with Gasteiger partial charge in [0.1, 0.15) is 6.33 Å². The van der Waals surface area contributed by atoms with E-state index in [1.165, 1.54) is 0 Å². The number of hydrogen-bond donors (Lipinski definition) is 0. The highest BCUT2D eigenvalue weighted by Gasteiger charge is 2.07. The minimum atomic E-state index is 0.614. The zero-order valence-corrected chi connectivity index (χ0v) is 9.16. The van der Waals surface area contributed by atoms with Crippen LogP contribution in [-0.2, 0) is 6.54 Å². The van der Waals surface area contributed by atoms with Crippen LogP contribution in [0.5, 0.6) is 0 Å². The van der Waals surface area contributed by atoms with Crippen LogP contribution in [0.3, 0.4) is 0 Å². The molecule has 74 valence electrons. The average Bonchev–Trinajstić information content (AvgIpc) is 2.70. The van der Waals surface area contributed by atoms with Gasteiger partial charge in [-0.3, -0.25) is 0 Å². The molecule has 2 heterocycles. The molecule has 0 N–H and O–H groups in total. The Morgan fingerprint density at radius 2 is 2.36 bits per heavy atom. The molecule has 0 aliphatic rings. The third-order valence-electron chi connectivity index (χ3n) is 1.96. The molecule has 0 aromatic carbocycles. The maximum Gasteiger partial charge on any atom is 0.164 e. The second-order valence-corrected chi connectivity index (χ2v) is 4.49. The molecular weight excluding hydrogens is 194 g/mol. The van der Waals surface area contributed by atoms with E-state index in [0.717, 1.165) is 17.9 Å². The third-order valence-corrected chi connectivity index (χ3v) is 2.64. The van der Waals surface area contributed by atoms with Crippen LogP contribution in [0.15, 0.2) is 23.2 Å². The number of hydrogen-bond acceptors (Lipinski definition) is 3. The molecule has 0 aliphatic heterocycles. The van der Waals surface area contributed by atoms with Crippen LogP contribution in [0.2, 0.25) is 0 Å². The molecule has 0 atom stereocenters. The Labute approximate surface area is 87.4 Å². The molecule has 0 saturated carbocycles. The number of aromatic nitrogens is 3. The Bertz CT molecular complexity index is 389. The first-order valence-corrected chi connectivity index (χ1v) is 5.62. The predicted octanol–water partition coefficient (Wildman–Crippen LogP) is 2.66. The van der Waals surface area contributed by atoms with E-state index < -0.39 is 0 Å². The number of rotatable bonds is 3. The summed E-state index contributed by atoms with van der Waals surface area (Å²) in [5.74, 6) is 1.59. The first-order chi connectivity index (χ1) is 6.77. The second-order valence-electron chi connectivity index (χ2n) is 3.71. The lowest BCUT2D eigenvalue weighted by Crippen LogP contribution is -2.04. The lowest BCUT2D eigenvalue weighted by Gasteiger charge is -2.07. The first kappa shape index (κ1) is 9.40. The van der Waals surface area contributed by atoms with Gasteiger partial charge >= 0.3 is 0 Å². The standard InChI is InChI=1S/C10H13N3S/c1-8(2)5-13-7-11-12-10(13)9-3-4-14-6-9/h3-4,6-8H,5H2,1-2H3. The summed E-state index contributed by atoms with van der Waals surface area (Å²) in [6.45, 7) is 5.35. The van der Waals surface area contributed by atoms with Crippen molar-refractivity contribution in [1.82, 2.24) is 14.8 Å². The Kier molecular flexibility index (Phi) is 2.63. The van der Waals surface area contributed by atoms with E-state index in [-0.39, 0.29) is 0 Å². The minimum Gasteiger partial charge on any atom is -0.313 e. The normalized spacial score (nSPS) is 11.1. The van der Waals surface area contributed by atoms with Crippen LogP contribution in [0.25, 0.3) is 11.4 Å². The summed E-state index contributed by atoms with van der Waals surface area (Å²) in [4.78, 5) is 0. The summed E-state index contributed by atoms with van der Waals surface area (Å²) in [5.41, 5.74) is 1.16. The molecule has 2 rings (SSSR count). The van der Waals surface area contributed by atoms with E-state index in [1.54, 1.807) is 17.7 Å². The van der Waals surface area contributed by atoms with E-state index in [4.69, 9.17) is 0 Å². The van der Waals surface area contributed by atoms with Crippen molar-refractivity contribution in [3.05, 3.63) is 23.2 Å². The van der Waals surface area contributed by atoms with Crippen molar-refractivity contribution < 1.29 is 0 Å². The van der Waals surface area contributed by atoms with Gasteiger partial charge in [-0.25, -0.2) is 0 Å². The molecule has 0 fully saturated rings. The van der Waals surface area contributed by atoms with Crippen LogP contribution in [-0.4, -0.2) is 14.8 Å². The summed E-state index contributed by atoms with van der Waals surface area (Å²) in [5, 5.41) is 12.2. The number of thiophene rings is 1. The topological polar surface area (TPSA) is 30.7 Å². The Morgan fingerprint density at radius 3 is 3.00 bits per heavy atom. The summed E-state index contributed by atoms with van der Waals surface area (Å²) in [6, 6.07) is 2.07. The lowest BCUT2D eigenvalue weighted by atomic mass is 10.2. The van der Waals surface area contributed by atoms with Crippen molar-refractivity contribution in [3.8, 4) is 11.4 Å². The van der Waals surface area contributed by atoms with Gasteiger partial charge < -0.3 is 4.57 Å². The highest BCUT2D eigenvalue weighted by Crippen LogP contribution is 2.20. The molecule has 0 amide bonds.